The highest BCUT2D eigenvalue weighted by atomic mass is 32.2. The van der Waals surface area contributed by atoms with E-state index in [0.717, 1.165) is 31.1 Å². The molecule has 66 valence electrons. The van der Waals surface area contributed by atoms with Crippen molar-refractivity contribution >= 4 is 10.0 Å². The zero-order valence-electron chi connectivity index (χ0n) is 6.79. The van der Waals surface area contributed by atoms with E-state index in [9.17, 15) is 8.42 Å². The number of sulfonamides is 1. The van der Waals surface area contributed by atoms with Crippen molar-refractivity contribution in [2.75, 3.05) is 0 Å². The molecule has 0 atom stereocenters. The van der Waals surface area contributed by atoms with E-state index in [-0.39, 0.29) is 0 Å². The Morgan fingerprint density at radius 1 is 1.36 bits per heavy atom. The standard InChI is InChI=1S/C7H15NO2S/c1-2-3-4-5-6-7-11(8,9)10/h6-7H,2-5H2,1H3,(H2,8,9,10). The molecule has 0 amide bonds. The summed E-state index contributed by atoms with van der Waals surface area (Å²) < 4.78 is 20.7. The second-order valence-corrected chi connectivity index (χ2v) is 3.91. The molecule has 2 N–H and O–H groups in total. The first-order valence-electron chi connectivity index (χ1n) is 3.75. The van der Waals surface area contributed by atoms with Gasteiger partial charge in [-0.2, -0.15) is 0 Å². The normalized spacial score (nSPS) is 12.5. The van der Waals surface area contributed by atoms with E-state index < -0.39 is 10.0 Å². The first-order chi connectivity index (χ1) is 5.06. The Balaban J connectivity index is 3.46. The van der Waals surface area contributed by atoms with Crippen molar-refractivity contribution in [3.8, 4) is 0 Å². The van der Waals surface area contributed by atoms with Crippen molar-refractivity contribution in [2.45, 2.75) is 32.6 Å². The molecule has 0 aromatic carbocycles. The molecule has 11 heavy (non-hydrogen) atoms. The fourth-order valence-electron chi connectivity index (χ4n) is 0.714. The van der Waals surface area contributed by atoms with Crippen LogP contribution in [-0.4, -0.2) is 8.42 Å². The van der Waals surface area contributed by atoms with Gasteiger partial charge < -0.3 is 0 Å². The highest BCUT2D eigenvalue weighted by molar-refractivity contribution is 7.92. The topological polar surface area (TPSA) is 60.2 Å². The summed E-state index contributed by atoms with van der Waals surface area (Å²) in [6.45, 7) is 2.10. The van der Waals surface area contributed by atoms with E-state index in [1.54, 1.807) is 6.08 Å². The minimum absolute atomic E-state index is 0.796. The molecule has 0 aliphatic heterocycles. The minimum Gasteiger partial charge on any atom is -0.225 e. The third kappa shape index (κ3) is 9.65. The van der Waals surface area contributed by atoms with Crippen LogP contribution >= 0.6 is 0 Å². The molecule has 0 aliphatic rings. The van der Waals surface area contributed by atoms with E-state index in [4.69, 9.17) is 5.14 Å². The second kappa shape index (κ2) is 5.32. The Morgan fingerprint density at radius 2 is 2.00 bits per heavy atom. The zero-order valence-corrected chi connectivity index (χ0v) is 7.60. The van der Waals surface area contributed by atoms with E-state index in [1.807, 2.05) is 0 Å². The predicted octanol–water partition coefficient (Wildman–Crippen LogP) is 1.37. The molecule has 0 radical (unpaired) electrons. The molecule has 0 saturated heterocycles. The summed E-state index contributed by atoms with van der Waals surface area (Å²) in [5.74, 6) is 0. The smallest absolute Gasteiger partial charge is 0.225 e. The molecule has 0 bridgehead atoms. The van der Waals surface area contributed by atoms with Crippen LogP contribution in [0.2, 0.25) is 0 Å². The molecule has 3 nitrogen and oxygen atoms in total. The Bertz CT molecular complexity index is 206. The van der Waals surface area contributed by atoms with Gasteiger partial charge in [-0.05, 0) is 12.8 Å². The highest BCUT2D eigenvalue weighted by Crippen LogP contribution is 1.99. The number of rotatable bonds is 5. The first kappa shape index (κ1) is 10.7. The van der Waals surface area contributed by atoms with Crippen LogP contribution in [0.15, 0.2) is 11.5 Å². The van der Waals surface area contributed by atoms with Gasteiger partial charge in [0.2, 0.25) is 10.0 Å². The molecule has 0 aromatic rings. The molecule has 0 aromatic heterocycles. The van der Waals surface area contributed by atoms with Crippen molar-refractivity contribution < 1.29 is 8.42 Å². The summed E-state index contributed by atoms with van der Waals surface area (Å²) in [5.41, 5.74) is 0. The average molecular weight is 177 g/mol. The molecule has 0 heterocycles. The minimum atomic E-state index is -3.39. The molecule has 0 aliphatic carbocycles. The van der Waals surface area contributed by atoms with Crippen LogP contribution in [0.4, 0.5) is 0 Å². The molecule has 0 spiro atoms. The Hall–Kier alpha value is -0.350. The average Bonchev–Trinajstić information content (AvgIpc) is 1.85. The lowest BCUT2D eigenvalue weighted by Crippen LogP contribution is -2.06. The Labute approximate surface area is 68.3 Å². The van der Waals surface area contributed by atoms with Gasteiger partial charge in [0.05, 0.1) is 0 Å². The fraction of sp³-hybridized carbons (Fsp3) is 0.714. The number of allylic oxidation sites excluding steroid dienone is 1. The van der Waals surface area contributed by atoms with E-state index in [2.05, 4.69) is 6.92 Å². The van der Waals surface area contributed by atoms with Crippen molar-refractivity contribution in [3.63, 3.8) is 0 Å². The van der Waals surface area contributed by atoms with Crippen LogP contribution < -0.4 is 5.14 Å². The van der Waals surface area contributed by atoms with Gasteiger partial charge in [0, 0.05) is 5.41 Å². The summed E-state index contributed by atoms with van der Waals surface area (Å²) in [5, 5.41) is 5.79. The van der Waals surface area contributed by atoms with Gasteiger partial charge in [-0.3, -0.25) is 0 Å². The Morgan fingerprint density at radius 3 is 2.45 bits per heavy atom. The number of hydrogen-bond donors (Lipinski definition) is 1. The fourth-order valence-corrected chi connectivity index (χ4v) is 1.12. The lowest BCUT2D eigenvalue weighted by atomic mass is 10.2. The molecule has 0 rings (SSSR count). The molecule has 0 unspecified atom stereocenters. The summed E-state index contributed by atoms with van der Waals surface area (Å²) in [6.07, 6.45) is 5.70. The highest BCUT2D eigenvalue weighted by Gasteiger charge is 1.91. The molecular weight excluding hydrogens is 162 g/mol. The molecule has 0 fully saturated rings. The third-order valence-corrected chi connectivity index (χ3v) is 1.83. The predicted molar refractivity (Wildman–Crippen MR) is 46.4 cm³/mol. The van der Waals surface area contributed by atoms with Crippen LogP contribution in [0.1, 0.15) is 32.6 Å². The number of unbranched alkanes of at least 4 members (excludes halogenated alkanes) is 3. The lowest BCUT2D eigenvalue weighted by Gasteiger charge is -1.90. The van der Waals surface area contributed by atoms with Gasteiger partial charge in [-0.15, -0.1) is 0 Å². The van der Waals surface area contributed by atoms with Crippen molar-refractivity contribution in [2.24, 2.45) is 5.14 Å². The van der Waals surface area contributed by atoms with E-state index in [0.29, 0.717) is 0 Å². The third-order valence-electron chi connectivity index (χ3n) is 1.26. The van der Waals surface area contributed by atoms with Gasteiger partial charge in [-0.1, -0.05) is 25.8 Å². The van der Waals surface area contributed by atoms with E-state index in [1.165, 1.54) is 0 Å². The maximum absolute atomic E-state index is 10.4. The van der Waals surface area contributed by atoms with Gasteiger partial charge >= 0.3 is 0 Å². The van der Waals surface area contributed by atoms with Gasteiger partial charge in [0.15, 0.2) is 0 Å². The van der Waals surface area contributed by atoms with Crippen LogP contribution in [0, 0.1) is 0 Å². The van der Waals surface area contributed by atoms with Gasteiger partial charge in [0.1, 0.15) is 0 Å². The summed E-state index contributed by atoms with van der Waals surface area (Å²) in [7, 11) is -3.39. The summed E-state index contributed by atoms with van der Waals surface area (Å²) >= 11 is 0. The second-order valence-electron chi connectivity index (χ2n) is 2.46. The largest absolute Gasteiger partial charge is 0.230 e. The number of hydrogen-bond acceptors (Lipinski definition) is 2. The maximum atomic E-state index is 10.4. The zero-order chi connectivity index (χ0) is 8.74. The SMILES string of the molecule is CCCCCC=CS(N)(=O)=O. The lowest BCUT2D eigenvalue weighted by molar-refractivity contribution is 0.606. The Kier molecular flexibility index (Phi) is 5.15. The van der Waals surface area contributed by atoms with Crippen LogP contribution in [0.25, 0.3) is 0 Å². The monoisotopic (exact) mass is 177 g/mol. The van der Waals surface area contributed by atoms with E-state index >= 15 is 0 Å². The maximum Gasteiger partial charge on any atom is 0.230 e. The van der Waals surface area contributed by atoms with Gasteiger partial charge in [-0.25, -0.2) is 13.6 Å². The number of nitrogens with two attached hydrogens (primary N) is 1. The van der Waals surface area contributed by atoms with Crippen LogP contribution in [-0.2, 0) is 10.0 Å². The van der Waals surface area contributed by atoms with Crippen LogP contribution in [0.3, 0.4) is 0 Å². The molecule has 4 heteroatoms. The van der Waals surface area contributed by atoms with Crippen LogP contribution in [0.5, 0.6) is 0 Å². The van der Waals surface area contributed by atoms with Crippen molar-refractivity contribution in [1.82, 2.24) is 0 Å². The molecular formula is C7H15NO2S. The van der Waals surface area contributed by atoms with Crippen molar-refractivity contribution in [3.05, 3.63) is 11.5 Å². The number of primary sulfonamides is 1. The summed E-state index contributed by atoms with van der Waals surface area (Å²) in [4.78, 5) is 0. The quantitative estimate of drug-likeness (QED) is 0.645. The van der Waals surface area contributed by atoms with Gasteiger partial charge in [0.25, 0.3) is 0 Å². The summed E-state index contributed by atoms with van der Waals surface area (Å²) in [6, 6.07) is 0. The van der Waals surface area contributed by atoms with Crippen molar-refractivity contribution in [1.29, 1.82) is 0 Å². The molecule has 0 saturated carbocycles. The first-order valence-corrected chi connectivity index (χ1v) is 5.36.